The zero-order valence-electron chi connectivity index (χ0n) is 10.3. The van der Waals surface area contributed by atoms with Gasteiger partial charge in [0.25, 0.3) is 0 Å². The predicted molar refractivity (Wildman–Crippen MR) is 78.4 cm³/mol. The molecule has 0 saturated carbocycles. The number of nitrogens with one attached hydrogen (secondary N) is 1. The van der Waals surface area contributed by atoms with E-state index in [1.807, 2.05) is 6.07 Å². The zero-order chi connectivity index (χ0) is 11.9. The van der Waals surface area contributed by atoms with Crippen LogP contribution in [0.4, 0.5) is 0 Å². The van der Waals surface area contributed by atoms with E-state index in [9.17, 15) is 0 Å². The molecule has 1 nitrogen and oxygen atoms in total. The Morgan fingerprint density at radius 3 is 2.65 bits per heavy atom. The van der Waals surface area contributed by atoms with Gasteiger partial charge in [0.15, 0.2) is 0 Å². The van der Waals surface area contributed by atoms with E-state index in [0.717, 1.165) is 19.0 Å². The van der Waals surface area contributed by atoms with Crippen molar-refractivity contribution < 1.29 is 0 Å². The summed E-state index contributed by atoms with van der Waals surface area (Å²) < 4.78 is 0. The molecule has 1 aliphatic rings. The average Bonchev–Trinajstić information content (AvgIpc) is 2.41. The molecule has 0 aromatic heterocycles. The summed E-state index contributed by atoms with van der Waals surface area (Å²) in [5.41, 5.74) is 2.44. The van der Waals surface area contributed by atoms with Crippen LogP contribution in [0.5, 0.6) is 0 Å². The Bertz CT molecular complexity index is 341. The van der Waals surface area contributed by atoms with Gasteiger partial charge < -0.3 is 5.32 Å². The van der Waals surface area contributed by atoms with Gasteiger partial charge in [-0.1, -0.05) is 36.9 Å². The Kier molecular flexibility index (Phi) is 5.14. The number of thioether (sulfide) groups is 1. The van der Waals surface area contributed by atoms with Gasteiger partial charge in [-0.2, -0.15) is 11.8 Å². The molecule has 1 N–H and O–H groups in total. The van der Waals surface area contributed by atoms with Gasteiger partial charge >= 0.3 is 0 Å². The summed E-state index contributed by atoms with van der Waals surface area (Å²) in [5, 5.41) is 3.54. The molecule has 0 atom stereocenters. The van der Waals surface area contributed by atoms with Gasteiger partial charge in [-0.25, -0.2) is 0 Å². The first-order chi connectivity index (χ1) is 8.36. The van der Waals surface area contributed by atoms with Crippen LogP contribution >= 0.6 is 11.8 Å². The molecule has 0 radical (unpaired) electrons. The number of benzene rings is 1. The lowest BCUT2D eigenvalue weighted by molar-refractivity contribution is 0.460. The Balaban J connectivity index is 1.69. The van der Waals surface area contributed by atoms with Crippen molar-refractivity contribution >= 4 is 17.3 Å². The summed E-state index contributed by atoms with van der Waals surface area (Å²) in [7, 11) is 0. The fourth-order valence-corrected chi connectivity index (χ4v) is 3.36. The lowest BCUT2D eigenvalue weighted by Gasteiger charge is -2.21. The predicted octanol–water partition coefficient (Wildman–Crippen LogP) is 3.43. The number of rotatable bonds is 5. The Morgan fingerprint density at radius 1 is 1.24 bits per heavy atom. The van der Waals surface area contributed by atoms with E-state index in [4.69, 9.17) is 0 Å². The van der Waals surface area contributed by atoms with Gasteiger partial charge in [-0.3, -0.25) is 0 Å². The molecule has 0 amide bonds. The maximum Gasteiger partial charge on any atom is 0.0205 e. The molecule has 1 saturated heterocycles. The van der Waals surface area contributed by atoms with E-state index in [1.54, 1.807) is 0 Å². The zero-order valence-corrected chi connectivity index (χ0v) is 11.1. The van der Waals surface area contributed by atoms with E-state index < -0.39 is 0 Å². The summed E-state index contributed by atoms with van der Waals surface area (Å²) >= 11 is 2.09. The first kappa shape index (κ1) is 12.7. The standard InChI is InChI=1S/C15H21NS/c1-13(15-5-3-2-4-6-15)11-16-12-14-7-9-17-10-8-14/h2-6,14,16H,1,7-12H2. The molecule has 17 heavy (non-hydrogen) atoms. The van der Waals surface area contributed by atoms with E-state index >= 15 is 0 Å². The van der Waals surface area contributed by atoms with E-state index in [1.165, 1.54) is 35.5 Å². The first-order valence-corrected chi connectivity index (χ1v) is 7.53. The van der Waals surface area contributed by atoms with Gasteiger partial charge in [0.1, 0.15) is 0 Å². The molecule has 1 fully saturated rings. The van der Waals surface area contributed by atoms with Crippen LogP contribution in [0.15, 0.2) is 36.9 Å². The Morgan fingerprint density at radius 2 is 1.94 bits per heavy atom. The molecule has 1 aromatic rings. The second-order valence-electron chi connectivity index (χ2n) is 4.66. The second kappa shape index (κ2) is 6.87. The quantitative estimate of drug-likeness (QED) is 0.855. The monoisotopic (exact) mass is 247 g/mol. The van der Waals surface area contributed by atoms with Gasteiger partial charge in [-0.05, 0) is 47.9 Å². The largest absolute Gasteiger partial charge is 0.312 e. The van der Waals surface area contributed by atoms with Gasteiger partial charge in [0.05, 0.1) is 0 Å². The van der Waals surface area contributed by atoms with Crippen LogP contribution in [0, 0.1) is 5.92 Å². The van der Waals surface area contributed by atoms with E-state index in [2.05, 4.69) is 47.9 Å². The third-order valence-corrected chi connectivity index (χ3v) is 4.34. The highest BCUT2D eigenvalue weighted by Crippen LogP contribution is 2.22. The molecule has 0 unspecified atom stereocenters. The van der Waals surface area contributed by atoms with Crippen molar-refractivity contribution in [1.29, 1.82) is 0 Å². The van der Waals surface area contributed by atoms with Crippen LogP contribution < -0.4 is 5.32 Å². The Hall–Kier alpha value is -0.730. The summed E-state index contributed by atoms with van der Waals surface area (Å²) in [6, 6.07) is 10.4. The van der Waals surface area contributed by atoms with Crippen molar-refractivity contribution in [3.05, 3.63) is 42.5 Å². The van der Waals surface area contributed by atoms with Crippen molar-refractivity contribution in [2.45, 2.75) is 12.8 Å². The van der Waals surface area contributed by atoms with Crippen LogP contribution in [-0.4, -0.2) is 24.6 Å². The third-order valence-electron chi connectivity index (χ3n) is 3.29. The van der Waals surface area contributed by atoms with E-state index in [-0.39, 0.29) is 0 Å². The van der Waals surface area contributed by atoms with Crippen molar-refractivity contribution in [3.8, 4) is 0 Å². The summed E-state index contributed by atoms with van der Waals surface area (Å²) in [6.45, 7) is 6.20. The Labute approximate surface area is 109 Å². The van der Waals surface area contributed by atoms with Crippen LogP contribution in [-0.2, 0) is 0 Å². The maximum atomic E-state index is 4.14. The number of hydrogen-bond donors (Lipinski definition) is 1. The topological polar surface area (TPSA) is 12.0 Å². The molecule has 0 bridgehead atoms. The second-order valence-corrected chi connectivity index (χ2v) is 5.88. The van der Waals surface area contributed by atoms with Crippen LogP contribution in [0.25, 0.3) is 5.57 Å². The SMILES string of the molecule is C=C(CNCC1CCSCC1)c1ccccc1. The molecule has 0 aliphatic carbocycles. The third kappa shape index (κ3) is 4.21. The van der Waals surface area contributed by atoms with Crippen molar-refractivity contribution in [2.75, 3.05) is 24.6 Å². The molecule has 1 aliphatic heterocycles. The van der Waals surface area contributed by atoms with Crippen molar-refractivity contribution in [1.82, 2.24) is 5.32 Å². The maximum absolute atomic E-state index is 4.14. The van der Waals surface area contributed by atoms with Gasteiger partial charge in [0, 0.05) is 6.54 Å². The molecular weight excluding hydrogens is 226 g/mol. The minimum absolute atomic E-state index is 0.875. The van der Waals surface area contributed by atoms with Crippen molar-refractivity contribution in [3.63, 3.8) is 0 Å². The average molecular weight is 247 g/mol. The molecule has 1 heterocycles. The highest BCUT2D eigenvalue weighted by Gasteiger charge is 2.12. The molecule has 1 aromatic carbocycles. The molecule has 2 heteroatoms. The van der Waals surface area contributed by atoms with E-state index in [0.29, 0.717) is 0 Å². The minimum atomic E-state index is 0.875. The number of hydrogen-bond acceptors (Lipinski definition) is 2. The van der Waals surface area contributed by atoms with Gasteiger partial charge in [-0.15, -0.1) is 0 Å². The highest BCUT2D eigenvalue weighted by atomic mass is 32.2. The first-order valence-electron chi connectivity index (χ1n) is 6.38. The fourth-order valence-electron chi connectivity index (χ4n) is 2.15. The lowest BCUT2D eigenvalue weighted by Crippen LogP contribution is -2.26. The molecular formula is C15H21NS. The van der Waals surface area contributed by atoms with Crippen LogP contribution in [0.3, 0.4) is 0 Å². The highest BCUT2D eigenvalue weighted by molar-refractivity contribution is 7.99. The fraction of sp³-hybridized carbons (Fsp3) is 0.467. The summed E-state index contributed by atoms with van der Waals surface area (Å²) in [5.74, 6) is 3.55. The molecule has 92 valence electrons. The normalized spacial score (nSPS) is 16.9. The van der Waals surface area contributed by atoms with Crippen molar-refractivity contribution in [2.24, 2.45) is 5.92 Å². The summed E-state index contributed by atoms with van der Waals surface area (Å²) in [4.78, 5) is 0. The van der Waals surface area contributed by atoms with Gasteiger partial charge in [0.2, 0.25) is 0 Å². The molecule has 0 spiro atoms. The lowest BCUT2D eigenvalue weighted by atomic mass is 10.0. The minimum Gasteiger partial charge on any atom is -0.312 e. The molecule has 2 rings (SSSR count). The van der Waals surface area contributed by atoms with Crippen LogP contribution in [0.1, 0.15) is 18.4 Å². The summed E-state index contributed by atoms with van der Waals surface area (Å²) in [6.07, 6.45) is 2.74. The smallest absolute Gasteiger partial charge is 0.0205 e. The van der Waals surface area contributed by atoms with Crippen LogP contribution in [0.2, 0.25) is 0 Å².